The summed E-state index contributed by atoms with van der Waals surface area (Å²) in [6.07, 6.45) is 3.94. The standard InChI is InChI=1S/C15H13ClF2N2O/c1-20(9-6-10-4-7-19-8-5-10)15(21)11-2-3-12(17)13(16)14(11)18/h2-5,7-8H,6,9H2,1H3. The van der Waals surface area contributed by atoms with E-state index in [4.69, 9.17) is 11.6 Å². The van der Waals surface area contributed by atoms with Crippen LogP contribution in [0.2, 0.25) is 5.02 Å². The molecule has 1 aromatic heterocycles. The number of nitrogens with zero attached hydrogens (tertiary/aromatic N) is 2. The summed E-state index contributed by atoms with van der Waals surface area (Å²) in [4.78, 5) is 17.4. The van der Waals surface area contributed by atoms with Gasteiger partial charge in [0.05, 0.1) is 5.56 Å². The predicted octanol–water partition coefficient (Wildman–Crippen LogP) is 3.33. The van der Waals surface area contributed by atoms with Crippen LogP contribution in [0.4, 0.5) is 8.78 Å². The molecule has 110 valence electrons. The summed E-state index contributed by atoms with van der Waals surface area (Å²) < 4.78 is 26.9. The predicted molar refractivity (Wildman–Crippen MR) is 76.3 cm³/mol. The van der Waals surface area contributed by atoms with Crippen LogP contribution in [0.1, 0.15) is 15.9 Å². The summed E-state index contributed by atoms with van der Waals surface area (Å²) >= 11 is 5.48. The van der Waals surface area contributed by atoms with Gasteiger partial charge in [0.2, 0.25) is 0 Å². The van der Waals surface area contributed by atoms with E-state index in [0.29, 0.717) is 13.0 Å². The highest BCUT2D eigenvalue weighted by Gasteiger charge is 2.20. The molecule has 0 atom stereocenters. The zero-order valence-electron chi connectivity index (χ0n) is 11.3. The quantitative estimate of drug-likeness (QED) is 0.812. The van der Waals surface area contributed by atoms with Gasteiger partial charge in [-0.05, 0) is 36.2 Å². The fraction of sp³-hybridized carbons (Fsp3) is 0.200. The van der Waals surface area contributed by atoms with Gasteiger partial charge in [0, 0.05) is 26.0 Å². The Morgan fingerprint density at radius 3 is 2.57 bits per heavy atom. The molecule has 0 bridgehead atoms. The lowest BCUT2D eigenvalue weighted by Crippen LogP contribution is -2.29. The summed E-state index contributed by atoms with van der Waals surface area (Å²) in [5.41, 5.74) is 0.779. The number of amides is 1. The number of hydrogen-bond acceptors (Lipinski definition) is 2. The van der Waals surface area contributed by atoms with E-state index >= 15 is 0 Å². The molecule has 6 heteroatoms. The molecule has 0 radical (unpaired) electrons. The number of hydrogen-bond donors (Lipinski definition) is 0. The molecule has 2 rings (SSSR count). The van der Waals surface area contributed by atoms with E-state index in [0.717, 1.165) is 17.7 Å². The molecule has 0 aliphatic rings. The third-order valence-corrected chi connectivity index (χ3v) is 3.44. The number of halogens is 3. The average Bonchev–Trinajstić information content (AvgIpc) is 2.51. The maximum atomic E-state index is 13.8. The smallest absolute Gasteiger partial charge is 0.256 e. The minimum atomic E-state index is -1.03. The molecule has 1 aromatic carbocycles. The monoisotopic (exact) mass is 310 g/mol. The highest BCUT2D eigenvalue weighted by atomic mass is 35.5. The van der Waals surface area contributed by atoms with Crippen molar-refractivity contribution < 1.29 is 13.6 Å². The van der Waals surface area contributed by atoms with E-state index in [1.54, 1.807) is 19.4 Å². The number of rotatable bonds is 4. The van der Waals surface area contributed by atoms with Crippen molar-refractivity contribution in [3.8, 4) is 0 Å². The van der Waals surface area contributed by atoms with Gasteiger partial charge in [-0.3, -0.25) is 9.78 Å². The van der Waals surface area contributed by atoms with Crippen molar-refractivity contribution in [1.82, 2.24) is 9.88 Å². The van der Waals surface area contributed by atoms with Crippen molar-refractivity contribution in [2.24, 2.45) is 0 Å². The lowest BCUT2D eigenvalue weighted by molar-refractivity contribution is 0.0792. The van der Waals surface area contributed by atoms with Crippen molar-refractivity contribution in [2.45, 2.75) is 6.42 Å². The highest BCUT2D eigenvalue weighted by molar-refractivity contribution is 6.31. The maximum Gasteiger partial charge on any atom is 0.256 e. The van der Waals surface area contributed by atoms with Gasteiger partial charge in [0.25, 0.3) is 5.91 Å². The van der Waals surface area contributed by atoms with Crippen LogP contribution in [-0.4, -0.2) is 29.4 Å². The fourth-order valence-corrected chi connectivity index (χ4v) is 2.01. The Labute approximate surface area is 126 Å². The van der Waals surface area contributed by atoms with Crippen molar-refractivity contribution >= 4 is 17.5 Å². The Morgan fingerprint density at radius 1 is 1.24 bits per heavy atom. The van der Waals surface area contributed by atoms with Gasteiger partial charge in [0.15, 0.2) is 5.82 Å². The van der Waals surface area contributed by atoms with E-state index < -0.39 is 22.6 Å². The highest BCUT2D eigenvalue weighted by Crippen LogP contribution is 2.22. The van der Waals surface area contributed by atoms with E-state index in [9.17, 15) is 13.6 Å². The SMILES string of the molecule is CN(CCc1ccncc1)C(=O)c1ccc(F)c(Cl)c1F. The van der Waals surface area contributed by atoms with Crippen LogP contribution < -0.4 is 0 Å². The molecular weight excluding hydrogens is 298 g/mol. The van der Waals surface area contributed by atoms with Crippen molar-refractivity contribution in [3.63, 3.8) is 0 Å². The number of aromatic nitrogens is 1. The Balaban J connectivity index is 2.08. The minimum absolute atomic E-state index is 0.237. The van der Waals surface area contributed by atoms with Gasteiger partial charge in [-0.15, -0.1) is 0 Å². The first-order chi connectivity index (χ1) is 10.0. The molecule has 21 heavy (non-hydrogen) atoms. The van der Waals surface area contributed by atoms with Gasteiger partial charge in [0.1, 0.15) is 10.8 Å². The first-order valence-corrected chi connectivity index (χ1v) is 6.66. The van der Waals surface area contributed by atoms with Gasteiger partial charge in [-0.2, -0.15) is 0 Å². The Hall–Kier alpha value is -2.01. The first-order valence-electron chi connectivity index (χ1n) is 6.28. The van der Waals surface area contributed by atoms with Crippen LogP contribution in [-0.2, 0) is 6.42 Å². The molecule has 0 spiro atoms. The van der Waals surface area contributed by atoms with Crippen LogP contribution in [0.5, 0.6) is 0 Å². The van der Waals surface area contributed by atoms with E-state index in [2.05, 4.69) is 4.98 Å². The molecule has 1 heterocycles. The lowest BCUT2D eigenvalue weighted by atomic mass is 10.1. The third kappa shape index (κ3) is 3.55. The van der Waals surface area contributed by atoms with E-state index in [1.807, 2.05) is 12.1 Å². The average molecular weight is 311 g/mol. The van der Waals surface area contributed by atoms with Gasteiger partial charge >= 0.3 is 0 Å². The Bertz CT molecular complexity index is 650. The Morgan fingerprint density at radius 2 is 1.90 bits per heavy atom. The van der Waals surface area contributed by atoms with Crippen molar-refractivity contribution in [2.75, 3.05) is 13.6 Å². The molecule has 0 aliphatic heterocycles. The molecule has 2 aromatic rings. The van der Waals surface area contributed by atoms with E-state index in [1.165, 1.54) is 4.90 Å². The van der Waals surface area contributed by atoms with Crippen LogP contribution in [0, 0.1) is 11.6 Å². The van der Waals surface area contributed by atoms with Gasteiger partial charge < -0.3 is 4.90 Å². The van der Waals surface area contributed by atoms with Crippen molar-refractivity contribution in [3.05, 3.63) is 64.4 Å². The van der Waals surface area contributed by atoms with Gasteiger partial charge in [-0.1, -0.05) is 11.6 Å². The van der Waals surface area contributed by atoms with Crippen LogP contribution in [0.15, 0.2) is 36.7 Å². The normalized spacial score (nSPS) is 10.5. The summed E-state index contributed by atoms with van der Waals surface area (Å²) in [6, 6.07) is 5.76. The molecule has 3 nitrogen and oxygen atoms in total. The summed E-state index contributed by atoms with van der Waals surface area (Å²) in [7, 11) is 1.56. The zero-order chi connectivity index (χ0) is 15.4. The molecule has 0 fully saturated rings. The topological polar surface area (TPSA) is 33.2 Å². The number of carbonyl (C=O) groups is 1. The van der Waals surface area contributed by atoms with E-state index in [-0.39, 0.29) is 5.56 Å². The summed E-state index contributed by atoms with van der Waals surface area (Å²) in [6.45, 7) is 0.400. The molecule has 0 aliphatic carbocycles. The second kappa shape index (κ2) is 6.63. The minimum Gasteiger partial charge on any atom is -0.341 e. The molecule has 0 saturated heterocycles. The zero-order valence-corrected chi connectivity index (χ0v) is 12.1. The number of likely N-dealkylation sites (N-methyl/N-ethyl adjacent to an activating group) is 1. The first kappa shape index (κ1) is 15.4. The van der Waals surface area contributed by atoms with Crippen molar-refractivity contribution in [1.29, 1.82) is 0 Å². The number of carbonyl (C=O) groups excluding carboxylic acids is 1. The Kier molecular flexibility index (Phi) is 4.85. The number of pyridine rings is 1. The largest absolute Gasteiger partial charge is 0.341 e. The van der Waals surface area contributed by atoms with Gasteiger partial charge in [-0.25, -0.2) is 8.78 Å². The summed E-state index contributed by atoms with van der Waals surface area (Å²) in [5, 5.41) is -0.664. The molecule has 1 amide bonds. The van der Waals surface area contributed by atoms with Crippen LogP contribution in [0.3, 0.4) is 0 Å². The third-order valence-electron chi connectivity index (χ3n) is 3.10. The molecule has 0 unspecified atom stereocenters. The molecule has 0 saturated carbocycles. The maximum absolute atomic E-state index is 13.8. The second-order valence-corrected chi connectivity index (χ2v) is 4.93. The second-order valence-electron chi connectivity index (χ2n) is 4.56. The van der Waals surface area contributed by atoms with Crippen LogP contribution in [0.25, 0.3) is 0 Å². The molecule has 0 N–H and O–H groups in total. The summed E-state index contributed by atoms with van der Waals surface area (Å²) in [5.74, 6) is -2.45. The number of benzene rings is 1. The fourth-order valence-electron chi connectivity index (χ4n) is 1.84. The van der Waals surface area contributed by atoms with Crippen LogP contribution >= 0.6 is 11.6 Å². The molecular formula is C15H13ClF2N2O. The lowest BCUT2D eigenvalue weighted by Gasteiger charge is -2.18.